The van der Waals surface area contributed by atoms with Crippen LogP contribution in [0.1, 0.15) is 15.9 Å². The molecule has 0 saturated heterocycles. The van der Waals surface area contributed by atoms with Gasteiger partial charge < -0.3 is 18.2 Å². The third kappa shape index (κ3) is 3.80. The van der Waals surface area contributed by atoms with Crippen molar-refractivity contribution < 1.29 is 31.3 Å². The molecule has 9 heteroatoms. The van der Waals surface area contributed by atoms with Gasteiger partial charge in [-0.2, -0.15) is 8.42 Å². The Kier molecular flexibility index (Phi) is 5.13. The van der Waals surface area contributed by atoms with E-state index in [9.17, 15) is 17.6 Å². The molecule has 0 radical (unpaired) electrons. The van der Waals surface area contributed by atoms with Crippen molar-refractivity contribution in [3.8, 4) is 17.2 Å². The first-order valence-corrected chi connectivity index (χ1v) is 11.6. The van der Waals surface area contributed by atoms with Crippen molar-refractivity contribution >= 4 is 32.9 Å². The number of hydrogen-bond acceptors (Lipinski definition) is 6. The molecule has 2 heterocycles. The number of aromatic nitrogens is 1. The molecule has 0 spiro atoms. The van der Waals surface area contributed by atoms with E-state index >= 15 is 0 Å². The van der Waals surface area contributed by atoms with Crippen LogP contribution in [0.25, 0.3) is 17.0 Å². The molecule has 0 fully saturated rings. The zero-order valence-corrected chi connectivity index (χ0v) is 18.9. The second-order valence-corrected chi connectivity index (χ2v) is 9.21. The first kappa shape index (κ1) is 21.7. The van der Waals surface area contributed by atoms with Crippen molar-refractivity contribution in [1.82, 2.24) is 4.57 Å². The molecule has 0 unspecified atom stereocenters. The fraction of sp³-hybridized carbons (Fsp3) is 0.0800. The summed E-state index contributed by atoms with van der Waals surface area (Å²) < 4.78 is 56.2. The number of carbonyl (C=O) groups excluding carboxylic acids is 1. The first-order valence-electron chi connectivity index (χ1n) is 10.2. The fourth-order valence-corrected chi connectivity index (χ4v) is 4.70. The Morgan fingerprint density at radius 3 is 2.47 bits per heavy atom. The molecule has 0 aliphatic carbocycles. The molecule has 34 heavy (non-hydrogen) atoms. The molecule has 5 rings (SSSR count). The Morgan fingerprint density at radius 1 is 1.00 bits per heavy atom. The number of benzene rings is 3. The van der Waals surface area contributed by atoms with Gasteiger partial charge in [-0.05, 0) is 60.7 Å². The van der Waals surface area contributed by atoms with Crippen LogP contribution in [-0.2, 0) is 17.2 Å². The van der Waals surface area contributed by atoms with Gasteiger partial charge in [0.1, 0.15) is 28.0 Å². The van der Waals surface area contributed by atoms with Crippen LogP contribution in [0.3, 0.4) is 0 Å². The highest BCUT2D eigenvalue weighted by Gasteiger charge is 2.29. The van der Waals surface area contributed by atoms with E-state index in [1.807, 2.05) is 36.0 Å². The summed E-state index contributed by atoms with van der Waals surface area (Å²) in [4.78, 5) is 12.7. The zero-order valence-electron chi connectivity index (χ0n) is 18.1. The van der Waals surface area contributed by atoms with Crippen LogP contribution in [0.4, 0.5) is 4.39 Å². The summed E-state index contributed by atoms with van der Waals surface area (Å²) in [7, 11) is -0.709. The molecule has 4 aromatic rings. The van der Waals surface area contributed by atoms with Crippen LogP contribution in [-0.4, -0.2) is 25.9 Å². The first-order chi connectivity index (χ1) is 16.2. The zero-order chi connectivity index (χ0) is 24.0. The number of carbonyl (C=O) groups is 1. The Bertz CT molecular complexity index is 1590. The SMILES string of the molecule is COc1ccc2c(c1)c(C=C1Oc3cc(OS(=O)(=O)c4ccc(F)cc4)ccc3C1=O)cn2C. The number of Topliss-reactive ketones (excluding diaryl/α,β-unsaturated/α-hetero) is 1. The van der Waals surface area contributed by atoms with E-state index in [4.69, 9.17) is 13.7 Å². The van der Waals surface area contributed by atoms with Crippen molar-refractivity contribution in [3.63, 3.8) is 0 Å². The van der Waals surface area contributed by atoms with E-state index < -0.39 is 15.9 Å². The molecule has 3 aromatic carbocycles. The van der Waals surface area contributed by atoms with Crippen LogP contribution in [0, 0.1) is 5.82 Å². The van der Waals surface area contributed by atoms with Crippen molar-refractivity contribution in [2.45, 2.75) is 4.90 Å². The molecule has 1 aliphatic heterocycles. The lowest BCUT2D eigenvalue weighted by molar-refractivity contribution is 0.101. The second kappa shape index (κ2) is 8.03. The van der Waals surface area contributed by atoms with Crippen molar-refractivity contribution in [1.29, 1.82) is 0 Å². The van der Waals surface area contributed by atoms with Gasteiger partial charge in [-0.15, -0.1) is 0 Å². The van der Waals surface area contributed by atoms with Crippen LogP contribution in [0.15, 0.2) is 77.5 Å². The third-order valence-electron chi connectivity index (χ3n) is 5.46. The summed E-state index contributed by atoms with van der Waals surface area (Å²) in [5.41, 5.74) is 2.01. The minimum Gasteiger partial charge on any atom is -0.497 e. The number of ketones is 1. The predicted molar refractivity (Wildman–Crippen MR) is 123 cm³/mol. The van der Waals surface area contributed by atoms with Gasteiger partial charge in [0.05, 0.1) is 12.7 Å². The van der Waals surface area contributed by atoms with Gasteiger partial charge in [-0.25, -0.2) is 4.39 Å². The fourth-order valence-electron chi connectivity index (χ4n) is 3.78. The van der Waals surface area contributed by atoms with Gasteiger partial charge in [-0.1, -0.05) is 0 Å². The van der Waals surface area contributed by atoms with E-state index in [0.717, 1.165) is 40.7 Å². The lowest BCUT2D eigenvalue weighted by atomic mass is 10.1. The van der Waals surface area contributed by atoms with Crippen LogP contribution in [0.2, 0.25) is 0 Å². The van der Waals surface area contributed by atoms with Crippen molar-refractivity contribution in [2.24, 2.45) is 7.05 Å². The van der Waals surface area contributed by atoms with Crippen molar-refractivity contribution in [2.75, 3.05) is 7.11 Å². The molecule has 1 aliphatic rings. The number of methoxy groups -OCH3 is 1. The molecule has 0 saturated carbocycles. The van der Waals surface area contributed by atoms with Crippen LogP contribution in [0.5, 0.6) is 17.2 Å². The minimum atomic E-state index is -4.19. The topological polar surface area (TPSA) is 83.8 Å². The summed E-state index contributed by atoms with van der Waals surface area (Å²) >= 11 is 0. The standard InChI is InChI=1S/C25H18FNO6S/c1-27-14-15(21-12-17(31-2)6-10-22(21)27)11-24-25(28)20-9-5-18(13-23(20)32-24)33-34(29,30)19-7-3-16(26)4-8-19/h3-14H,1-2H3. The molecule has 0 amide bonds. The summed E-state index contributed by atoms with van der Waals surface area (Å²) in [5, 5.41) is 0.885. The quantitative estimate of drug-likeness (QED) is 0.305. The summed E-state index contributed by atoms with van der Waals surface area (Å²) in [6, 6.07) is 14.1. The number of halogens is 1. The summed E-state index contributed by atoms with van der Waals surface area (Å²) in [6.07, 6.45) is 3.51. The molecule has 7 nitrogen and oxygen atoms in total. The summed E-state index contributed by atoms with van der Waals surface area (Å²) in [5.74, 6) is 0.0383. The predicted octanol–water partition coefficient (Wildman–Crippen LogP) is 4.71. The minimum absolute atomic E-state index is 0.0352. The molecule has 0 bridgehead atoms. The molecule has 0 atom stereocenters. The number of aryl methyl sites for hydroxylation is 1. The van der Waals surface area contributed by atoms with Gasteiger partial charge in [0.15, 0.2) is 5.76 Å². The number of nitrogens with zero attached hydrogens (tertiary/aromatic N) is 1. The van der Waals surface area contributed by atoms with Crippen LogP contribution >= 0.6 is 0 Å². The number of allylic oxidation sites excluding steroid dienone is 1. The van der Waals surface area contributed by atoms with E-state index in [1.165, 1.54) is 18.2 Å². The van der Waals surface area contributed by atoms with Crippen molar-refractivity contribution in [3.05, 3.63) is 89.6 Å². The monoisotopic (exact) mass is 479 g/mol. The van der Waals surface area contributed by atoms with Crippen LogP contribution < -0.4 is 13.7 Å². The average molecular weight is 479 g/mol. The highest BCUT2D eigenvalue weighted by Crippen LogP contribution is 2.36. The van der Waals surface area contributed by atoms with Gasteiger partial charge in [0, 0.05) is 35.8 Å². The highest BCUT2D eigenvalue weighted by molar-refractivity contribution is 7.87. The molecular formula is C25H18FNO6S. The van der Waals surface area contributed by atoms with Gasteiger partial charge in [-0.3, -0.25) is 4.79 Å². The van der Waals surface area contributed by atoms with Gasteiger partial charge in [0.25, 0.3) is 0 Å². The average Bonchev–Trinajstić information content (AvgIpc) is 3.29. The maximum Gasteiger partial charge on any atom is 0.339 e. The Labute approximate surface area is 194 Å². The molecule has 172 valence electrons. The highest BCUT2D eigenvalue weighted by atomic mass is 32.2. The largest absolute Gasteiger partial charge is 0.497 e. The Morgan fingerprint density at radius 2 is 1.74 bits per heavy atom. The number of rotatable bonds is 5. The number of ether oxygens (including phenoxy) is 2. The smallest absolute Gasteiger partial charge is 0.339 e. The van der Waals surface area contributed by atoms with E-state index in [1.54, 1.807) is 13.2 Å². The van der Waals surface area contributed by atoms with E-state index in [0.29, 0.717) is 5.75 Å². The normalized spacial score (nSPS) is 14.3. The maximum absolute atomic E-state index is 13.1. The molecule has 1 aromatic heterocycles. The maximum atomic E-state index is 13.1. The summed E-state index contributed by atoms with van der Waals surface area (Å²) in [6.45, 7) is 0. The van der Waals surface area contributed by atoms with E-state index in [2.05, 4.69) is 0 Å². The van der Waals surface area contributed by atoms with Gasteiger partial charge >= 0.3 is 10.1 Å². The second-order valence-electron chi connectivity index (χ2n) is 7.67. The lowest BCUT2D eigenvalue weighted by Gasteiger charge is -2.07. The Hall–Kier alpha value is -4.11. The molecular weight excluding hydrogens is 461 g/mol. The van der Waals surface area contributed by atoms with E-state index in [-0.39, 0.29) is 33.5 Å². The van der Waals surface area contributed by atoms with Gasteiger partial charge in [0.2, 0.25) is 5.78 Å². The Balaban J connectivity index is 1.45. The third-order valence-corrected chi connectivity index (χ3v) is 6.73. The number of fused-ring (bicyclic) bond motifs is 2. The molecule has 0 N–H and O–H groups in total. The lowest BCUT2D eigenvalue weighted by Crippen LogP contribution is -2.09. The number of hydrogen-bond donors (Lipinski definition) is 0.